The minimum Gasteiger partial charge on any atom is -0.618 e. The molecule has 0 bridgehead atoms. The fraction of sp³-hybridized carbons (Fsp3) is 0.125. The van der Waals surface area contributed by atoms with Crippen LogP contribution in [0.2, 0.25) is 0 Å². The van der Waals surface area contributed by atoms with Gasteiger partial charge in [-0.05, 0) is 0 Å². The lowest BCUT2D eigenvalue weighted by Crippen LogP contribution is -2.37. The minimum atomic E-state index is -4.70. The van der Waals surface area contributed by atoms with Gasteiger partial charge < -0.3 is 10.0 Å². The largest absolute Gasteiger partial charge is 0.618 e. The van der Waals surface area contributed by atoms with Crippen molar-refractivity contribution in [2.75, 3.05) is 5.17 Å². The number of pyridine rings is 1. The molecule has 1 N–H and O–H groups in total. The van der Waals surface area contributed by atoms with Crippen molar-refractivity contribution in [2.45, 2.75) is 6.18 Å². The highest BCUT2D eigenvalue weighted by molar-refractivity contribution is 5.43. The van der Waals surface area contributed by atoms with Crippen LogP contribution < -0.4 is 15.3 Å². The standard InChI is InChI=1S/C8H6F3N3O2/c9-8(10,11)7-5-6(1-3-13(7)15)14-12-2-4-16-14/h1-5,12H. The van der Waals surface area contributed by atoms with E-state index in [0.29, 0.717) is 6.07 Å². The monoisotopic (exact) mass is 233 g/mol. The lowest BCUT2D eigenvalue weighted by atomic mass is 10.3. The van der Waals surface area contributed by atoms with Crippen molar-refractivity contribution >= 4 is 5.69 Å². The Balaban J connectivity index is 2.35. The van der Waals surface area contributed by atoms with Gasteiger partial charge >= 0.3 is 11.9 Å². The Morgan fingerprint density at radius 1 is 1.44 bits per heavy atom. The summed E-state index contributed by atoms with van der Waals surface area (Å²) in [5.74, 6) is 0. The number of aromatic nitrogens is 1. The van der Waals surface area contributed by atoms with Crippen LogP contribution in [0.25, 0.3) is 0 Å². The maximum atomic E-state index is 12.4. The third kappa shape index (κ3) is 1.81. The molecule has 1 aromatic rings. The van der Waals surface area contributed by atoms with Gasteiger partial charge in [-0.15, -0.1) is 5.17 Å². The summed E-state index contributed by atoms with van der Waals surface area (Å²) in [6.45, 7) is 0. The van der Waals surface area contributed by atoms with Crippen molar-refractivity contribution in [2.24, 2.45) is 0 Å². The maximum Gasteiger partial charge on any atom is 0.478 e. The highest BCUT2D eigenvalue weighted by Crippen LogP contribution is 2.28. The zero-order chi connectivity index (χ0) is 11.8. The van der Waals surface area contributed by atoms with Gasteiger partial charge in [0.15, 0.2) is 6.20 Å². The molecule has 1 aliphatic heterocycles. The summed E-state index contributed by atoms with van der Waals surface area (Å²) >= 11 is 0. The summed E-state index contributed by atoms with van der Waals surface area (Å²) in [4.78, 5) is 4.81. The minimum absolute atomic E-state index is 0.0735. The van der Waals surface area contributed by atoms with E-state index in [1.165, 1.54) is 18.5 Å². The average Bonchev–Trinajstić information content (AvgIpc) is 2.69. The molecule has 0 saturated carbocycles. The van der Waals surface area contributed by atoms with Crippen molar-refractivity contribution in [3.8, 4) is 0 Å². The van der Waals surface area contributed by atoms with Crippen LogP contribution in [0, 0.1) is 5.21 Å². The molecular weight excluding hydrogens is 227 g/mol. The smallest absolute Gasteiger partial charge is 0.478 e. The normalized spacial score (nSPS) is 14.8. The number of hydrogen-bond donors (Lipinski definition) is 1. The fourth-order valence-electron chi connectivity index (χ4n) is 1.16. The molecule has 0 spiro atoms. The number of hydrazine groups is 1. The van der Waals surface area contributed by atoms with E-state index in [4.69, 9.17) is 4.84 Å². The summed E-state index contributed by atoms with van der Waals surface area (Å²) in [5, 5.41) is 11.9. The predicted molar refractivity (Wildman–Crippen MR) is 46.2 cm³/mol. The predicted octanol–water partition coefficient (Wildman–Crippen LogP) is 1.07. The third-order valence-corrected chi connectivity index (χ3v) is 1.85. The van der Waals surface area contributed by atoms with Gasteiger partial charge in [-0.3, -0.25) is 5.43 Å². The summed E-state index contributed by atoms with van der Waals surface area (Å²) in [6.07, 6.45) is -1.29. The van der Waals surface area contributed by atoms with E-state index in [2.05, 4.69) is 5.43 Å². The van der Waals surface area contributed by atoms with E-state index in [9.17, 15) is 18.4 Å². The highest BCUT2D eigenvalue weighted by Gasteiger charge is 2.40. The number of anilines is 1. The molecule has 1 aliphatic rings. The van der Waals surface area contributed by atoms with Crippen LogP contribution >= 0.6 is 0 Å². The lowest BCUT2D eigenvalue weighted by Gasteiger charge is -2.17. The second-order valence-electron chi connectivity index (χ2n) is 2.93. The van der Waals surface area contributed by atoms with Gasteiger partial charge in [-0.25, -0.2) is 0 Å². The Morgan fingerprint density at radius 2 is 2.19 bits per heavy atom. The van der Waals surface area contributed by atoms with E-state index in [1.807, 2.05) is 0 Å². The topological polar surface area (TPSA) is 51.4 Å². The van der Waals surface area contributed by atoms with Gasteiger partial charge in [0.1, 0.15) is 11.9 Å². The van der Waals surface area contributed by atoms with Gasteiger partial charge in [0.05, 0.1) is 6.20 Å². The number of rotatable bonds is 1. The average molecular weight is 233 g/mol. The molecule has 0 aliphatic carbocycles. The molecule has 0 atom stereocenters. The van der Waals surface area contributed by atoms with Crippen LogP contribution in [0.3, 0.4) is 0 Å². The maximum absolute atomic E-state index is 12.4. The molecule has 0 radical (unpaired) electrons. The van der Waals surface area contributed by atoms with Crippen molar-refractivity contribution in [3.05, 3.63) is 41.7 Å². The second kappa shape index (κ2) is 3.47. The zero-order valence-corrected chi connectivity index (χ0v) is 7.73. The first-order valence-corrected chi connectivity index (χ1v) is 4.17. The first-order chi connectivity index (χ1) is 7.48. The Bertz CT molecular complexity index is 425. The summed E-state index contributed by atoms with van der Waals surface area (Å²) in [7, 11) is 0. The number of nitrogens with zero attached hydrogens (tertiary/aromatic N) is 2. The van der Waals surface area contributed by atoms with E-state index in [1.54, 1.807) is 0 Å². The van der Waals surface area contributed by atoms with Gasteiger partial charge in [0.2, 0.25) is 0 Å². The van der Waals surface area contributed by atoms with Gasteiger partial charge in [-0.2, -0.15) is 17.9 Å². The molecule has 5 nitrogen and oxygen atoms in total. The molecular formula is C8H6F3N3O2. The van der Waals surface area contributed by atoms with Crippen LogP contribution in [0.4, 0.5) is 18.9 Å². The third-order valence-electron chi connectivity index (χ3n) is 1.85. The molecule has 86 valence electrons. The number of alkyl halides is 3. The van der Waals surface area contributed by atoms with Crippen molar-refractivity contribution in [1.82, 2.24) is 5.43 Å². The van der Waals surface area contributed by atoms with Crippen molar-refractivity contribution in [1.29, 1.82) is 0 Å². The van der Waals surface area contributed by atoms with Crippen LogP contribution in [0.5, 0.6) is 0 Å². The first-order valence-electron chi connectivity index (χ1n) is 4.17. The molecule has 1 aromatic heterocycles. The summed E-state index contributed by atoms with van der Waals surface area (Å²) < 4.78 is 37.0. The number of nitrogens with one attached hydrogen (secondary N) is 1. The first kappa shape index (κ1) is 10.4. The lowest BCUT2D eigenvalue weighted by molar-refractivity contribution is -0.629. The van der Waals surface area contributed by atoms with Gasteiger partial charge in [0.25, 0.3) is 0 Å². The van der Waals surface area contributed by atoms with E-state index in [0.717, 1.165) is 11.4 Å². The molecule has 0 unspecified atom stereocenters. The van der Waals surface area contributed by atoms with E-state index in [-0.39, 0.29) is 10.4 Å². The second-order valence-corrected chi connectivity index (χ2v) is 2.93. The van der Waals surface area contributed by atoms with Crippen LogP contribution in [-0.4, -0.2) is 0 Å². The Morgan fingerprint density at radius 3 is 2.75 bits per heavy atom. The van der Waals surface area contributed by atoms with Crippen LogP contribution in [0.1, 0.15) is 5.69 Å². The molecule has 0 aromatic carbocycles. The Kier molecular flexibility index (Phi) is 2.26. The molecule has 0 amide bonds. The molecule has 16 heavy (non-hydrogen) atoms. The highest BCUT2D eigenvalue weighted by atomic mass is 19.4. The molecule has 2 rings (SSSR count). The summed E-state index contributed by atoms with van der Waals surface area (Å²) in [6, 6.07) is 1.88. The van der Waals surface area contributed by atoms with Crippen LogP contribution in [-0.2, 0) is 11.0 Å². The number of hydrogen-bond acceptors (Lipinski definition) is 4. The molecule has 0 fully saturated rings. The van der Waals surface area contributed by atoms with Gasteiger partial charge in [-0.1, -0.05) is 0 Å². The molecule has 0 saturated heterocycles. The molecule has 8 heteroatoms. The Hall–Kier alpha value is -2.12. The fourth-order valence-corrected chi connectivity index (χ4v) is 1.16. The zero-order valence-electron chi connectivity index (χ0n) is 7.73. The number of halogens is 3. The van der Waals surface area contributed by atoms with E-state index >= 15 is 0 Å². The van der Waals surface area contributed by atoms with E-state index < -0.39 is 11.9 Å². The SMILES string of the molecule is [O-][n+]1ccc(N2NC=CO2)cc1C(F)(F)F. The van der Waals surface area contributed by atoms with Crippen molar-refractivity contribution < 1.29 is 22.7 Å². The van der Waals surface area contributed by atoms with Gasteiger partial charge in [0, 0.05) is 12.1 Å². The molecule has 2 heterocycles. The van der Waals surface area contributed by atoms with Crippen LogP contribution in [0.15, 0.2) is 30.8 Å². The van der Waals surface area contributed by atoms with Crippen molar-refractivity contribution in [3.63, 3.8) is 0 Å². The Labute approximate surface area is 87.9 Å². The summed E-state index contributed by atoms with van der Waals surface area (Å²) in [5.41, 5.74) is 1.29. The quantitative estimate of drug-likeness (QED) is 0.582.